The second kappa shape index (κ2) is 7.55. The number of benzene rings is 2. The molecule has 0 atom stereocenters. The third-order valence-corrected chi connectivity index (χ3v) is 6.13. The van der Waals surface area contributed by atoms with Crippen LogP contribution in [-0.4, -0.2) is 34.0 Å². The third kappa shape index (κ3) is 3.15. The van der Waals surface area contributed by atoms with E-state index in [1.165, 1.54) is 16.4 Å². The number of aryl methyl sites for hydroxylation is 2. The Hall–Kier alpha value is -3.66. The molecule has 0 aliphatic heterocycles. The molecule has 2 N–H and O–H groups in total. The Bertz CT molecular complexity index is 1470. The van der Waals surface area contributed by atoms with Gasteiger partial charge in [0, 0.05) is 12.1 Å². The Labute approximate surface area is 181 Å². The fourth-order valence-corrected chi connectivity index (χ4v) is 4.37. The summed E-state index contributed by atoms with van der Waals surface area (Å²) in [5.74, 6) is 8.56. The van der Waals surface area contributed by atoms with Gasteiger partial charge in [0.1, 0.15) is 5.82 Å². The zero-order valence-corrected chi connectivity index (χ0v) is 17.9. The molecule has 10 heteroatoms. The Morgan fingerprint density at radius 2 is 1.77 bits per heavy atom. The number of fused-ring (bicyclic) bond motifs is 3. The minimum Gasteiger partial charge on any atom is -0.335 e. The monoisotopic (exact) mass is 432 g/mol. The van der Waals surface area contributed by atoms with E-state index in [1.807, 2.05) is 66.8 Å². The molecule has 5 aromatic rings. The number of nitrogen functional groups attached to an aromatic ring is 1. The summed E-state index contributed by atoms with van der Waals surface area (Å²) in [5, 5.41) is 18.3. The van der Waals surface area contributed by atoms with Crippen LogP contribution in [0.1, 0.15) is 18.3 Å². The first-order chi connectivity index (χ1) is 15.1. The molecule has 0 aliphatic rings. The van der Waals surface area contributed by atoms with Gasteiger partial charge >= 0.3 is 0 Å². The van der Waals surface area contributed by atoms with Crippen LogP contribution < -0.4 is 11.4 Å². The van der Waals surface area contributed by atoms with Gasteiger partial charge in [-0.3, -0.25) is 13.8 Å². The summed E-state index contributed by atoms with van der Waals surface area (Å²) in [6.07, 6.45) is 0. The zero-order valence-electron chi connectivity index (χ0n) is 17.1. The number of para-hydroxylation sites is 1. The number of nitrogens with zero attached hydrogens (tertiary/aromatic N) is 7. The third-order valence-electron chi connectivity index (χ3n) is 5.20. The van der Waals surface area contributed by atoms with Crippen molar-refractivity contribution < 1.29 is 0 Å². The highest BCUT2D eigenvalue weighted by atomic mass is 32.2. The molecule has 5 rings (SSSR count). The summed E-state index contributed by atoms with van der Waals surface area (Å²) in [4.78, 5) is 12.8. The van der Waals surface area contributed by atoms with Gasteiger partial charge in [-0.15, -0.1) is 20.4 Å². The van der Waals surface area contributed by atoms with Gasteiger partial charge in [0.25, 0.3) is 5.56 Å². The lowest BCUT2D eigenvalue weighted by Gasteiger charge is -2.09. The molecule has 156 valence electrons. The molecular formula is C21H20N8OS. The van der Waals surface area contributed by atoms with Gasteiger partial charge in [-0.1, -0.05) is 53.7 Å². The van der Waals surface area contributed by atoms with Gasteiger partial charge in [0.2, 0.25) is 10.9 Å². The molecule has 0 saturated heterocycles. The van der Waals surface area contributed by atoms with Crippen LogP contribution in [-0.2, 0) is 12.3 Å². The molecule has 0 radical (unpaired) electrons. The summed E-state index contributed by atoms with van der Waals surface area (Å²) in [7, 11) is 0. The summed E-state index contributed by atoms with van der Waals surface area (Å²) < 4.78 is 5.04. The van der Waals surface area contributed by atoms with Crippen LogP contribution in [0.4, 0.5) is 0 Å². The molecule has 2 aromatic carbocycles. The molecule has 0 unspecified atom stereocenters. The fourth-order valence-electron chi connectivity index (χ4n) is 3.60. The second-order valence-corrected chi connectivity index (χ2v) is 8.09. The highest BCUT2D eigenvalue weighted by Crippen LogP contribution is 2.25. The van der Waals surface area contributed by atoms with Gasteiger partial charge in [-0.05, 0) is 26.0 Å². The first kappa shape index (κ1) is 19.3. The minimum absolute atomic E-state index is 0.0679. The normalized spacial score (nSPS) is 11.5. The number of aromatic nitrogens is 7. The molecule has 0 amide bonds. The van der Waals surface area contributed by atoms with E-state index in [4.69, 9.17) is 5.84 Å². The van der Waals surface area contributed by atoms with Crippen LogP contribution in [0.3, 0.4) is 0 Å². The van der Waals surface area contributed by atoms with Gasteiger partial charge < -0.3 is 5.84 Å². The van der Waals surface area contributed by atoms with Crippen molar-refractivity contribution in [1.82, 2.24) is 34.0 Å². The van der Waals surface area contributed by atoms with Crippen LogP contribution in [0.5, 0.6) is 0 Å². The van der Waals surface area contributed by atoms with Crippen LogP contribution >= 0.6 is 11.8 Å². The van der Waals surface area contributed by atoms with E-state index in [2.05, 4.69) is 20.4 Å². The van der Waals surface area contributed by atoms with E-state index in [0.717, 1.165) is 16.6 Å². The lowest BCUT2D eigenvalue weighted by atomic mass is 10.1. The molecule has 9 nitrogen and oxygen atoms in total. The van der Waals surface area contributed by atoms with Gasteiger partial charge in [-0.25, -0.2) is 4.68 Å². The van der Waals surface area contributed by atoms with E-state index >= 15 is 0 Å². The Morgan fingerprint density at radius 3 is 2.55 bits per heavy atom. The second-order valence-electron chi connectivity index (χ2n) is 7.15. The Morgan fingerprint density at radius 1 is 1.00 bits per heavy atom. The highest BCUT2D eigenvalue weighted by Gasteiger charge is 2.18. The summed E-state index contributed by atoms with van der Waals surface area (Å²) in [6.45, 7) is 4.46. The van der Waals surface area contributed by atoms with E-state index in [9.17, 15) is 4.79 Å². The summed E-state index contributed by atoms with van der Waals surface area (Å²) in [6, 6.07) is 15.5. The molecule has 3 heterocycles. The molecule has 0 aliphatic carbocycles. The number of hydrogen-bond acceptors (Lipinski definition) is 7. The summed E-state index contributed by atoms with van der Waals surface area (Å²) >= 11 is 1.42. The lowest BCUT2D eigenvalue weighted by Crippen LogP contribution is -2.22. The predicted molar refractivity (Wildman–Crippen MR) is 120 cm³/mol. The maximum Gasteiger partial charge on any atom is 0.262 e. The molecule has 31 heavy (non-hydrogen) atoms. The van der Waals surface area contributed by atoms with Crippen molar-refractivity contribution in [1.29, 1.82) is 0 Å². The standard InChI is InChI=1S/C21H20N8OS/c1-3-27-19(30)15-6-4-5-7-16(15)28-17(23-25-20(27)28)12-31-21-26-24-18(29(21)22)14-10-8-13(2)9-11-14/h4-11H,3,12,22H2,1-2H3. The average Bonchev–Trinajstić information content (AvgIpc) is 3.37. The SMILES string of the molecule is CCn1c(=O)c2ccccc2n2c(CSc3nnc(-c4ccc(C)cc4)n3N)nnc12. The molecule has 0 spiro atoms. The van der Waals surface area contributed by atoms with Crippen molar-refractivity contribution in [2.75, 3.05) is 5.84 Å². The van der Waals surface area contributed by atoms with Crippen molar-refractivity contribution in [3.63, 3.8) is 0 Å². The van der Waals surface area contributed by atoms with Crippen molar-refractivity contribution in [3.8, 4) is 11.4 Å². The van der Waals surface area contributed by atoms with Gasteiger partial charge in [0.15, 0.2) is 5.82 Å². The van der Waals surface area contributed by atoms with Crippen LogP contribution in [0.25, 0.3) is 28.1 Å². The van der Waals surface area contributed by atoms with E-state index in [-0.39, 0.29) is 5.56 Å². The Kier molecular flexibility index (Phi) is 4.70. The molecule has 0 bridgehead atoms. The van der Waals surface area contributed by atoms with Crippen LogP contribution in [0.2, 0.25) is 0 Å². The smallest absolute Gasteiger partial charge is 0.262 e. The van der Waals surface area contributed by atoms with Crippen molar-refractivity contribution >= 4 is 28.4 Å². The zero-order chi connectivity index (χ0) is 21.5. The quantitative estimate of drug-likeness (QED) is 0.336. The largest absolute Gasteiger partial charge is 0.335 e. The number of nitrogens with two attached hydrogens (primary N) is 1. The number of rotatable bonds is 5. The Balaban J connectivity index is 1.52. The minimum atomic E-state index is -0.0679. The lowest BCUT2D eigenvalue weighted by molar-refractivity contribution is 0.735. The molecule has 0 fully saturated rings. The summed E-state index contributed by atoms with van der Waals surface area (Å²) in [5.41, 5.74) is 2.78. The van der Waals surface area contributed by atoms with E-state index in [0.29, 0.717) is 40.3 Å². The van der Waals surface area contributed by atoms with E-state index in [1.54, 1.807) is 4.57 Å². The predicted octanol–water partition coefficient (Wildman–Crippen LogP) is 2.64. The molecule has 3 aromatic heterocycles. The van der Waals surface area contributed by atoms with Crippen molar-refractivity contribution in [2.24, 2.45) is 0 Å². The molecular weight excluding hydrogens is 412 g/mol. The average molecular weight is 433 g/mol. The first-order valence-electron chi connectivity index (χ1n) is 9.84. The maximum absolute atomic E-state index is 12.8. The van der Waals surface area contributed by atoms with Gasteiger partial charge in [0.05, 0.1) is 16.7 Å². The van der Waals surface area contributed by atoms with Crippen molar-refractivity contribution in [2.45, 2.75) is 31.3 Å². The van der Waals surface area contributed by atoms with Crippen LogP contribution in [0.15, 0.2) is 58.5 Å². The maximum atomic E-state index is 12.8. The number of hydrogen-bond donors (Lipinski definition) is 1. The number of thioether (sulfide) groups is 1. The van der Waals surface area contributed by atoms with Crippen LogP contribution in [0, 0.1) is 6.92 Å². The van der Waals surface area contributed by atoms with Gasteiger partial charge in [-0.2, -0.15) is 0 Å². The molecule has 0 saturated carbocycles. The highest BCUT2D eigenvalue weighted by molar-refractivity contribution is 7.98. The topological polar surface area (TPSA) is 109 Å². The fraction of sp³-hybridized carbons (Fsp3) is 0.190. The van der Waals surface area contributed by atoms with E-state index < -0.39 is 0 Å². The van der Waals surface area contributed by atoms with Crippen molar-refractivity contribution in [3.05, 3.63) is 70.3 Å². The first-order valence-corrected chi connectivity index (χ1v) is 10.8.